The Bertz CT molecular complexity index is 702. The van der Waals surface area contributed by atoms with Gasteiger partial charge in [0, 0.05) is 18.6 Å². The highest BCUT2D eigenvalue weighted by Crippen LogP contribution is 2.17. The van der Waals surface area contributed by atoms with Crippen LogP contribution in [0, 0.1) is 11.6 Å². The zero-order valence-electron chi connectivity index (χ0n) is 11.3. The minimum Gasteiger partial charge on any atom is -0.494 e. The first-order valence-corrected chi connectivity index (χ1v) is 6.74. The van der Waals surface area contributed by atoms with E-state index >= 15 is 0 Å². The van der Waals surface area contributed by atoms with Gasteiger partial charge in [0.05, 0.1) is 17.6 Å². The zero-order chi connectivity index (χ0) is 14.7. The summed E-state index contributed by atoms with van der Waals surface area (Å²) in [5.74, 6) is -0.226. The molecule has 21 heavy (non-hydrogen) atoms. The summed E-state index contributed by atoms with van der Waals surface area (Å²) >= 11 is 0. The standard InChI is InChI=1S/C16H14F2N2O/c17-12-9-14-15(10-13(12)18)20-16(19-14)7-4-8-21-11-5-2-1-3-6-11/h1-3,5-6,9-10H,4,7-8H2,(H,19,20). The number of H-pyrrole nitrogens is 1. The van der Waals surface area contributed by atoms with Crippen LogP contribution in [-0.2, 0) is 6.42 Å². The molecule has 3 nitrogen and oxygen atoms in total. The summed E-state index contributed by atoms with van der Waals surface area (Å²) in [5.41, 5.74) is 0.945. The monoisotopic (exact) mass is 288 g/mol. The number of halogens is 2. The van der Waals surface area contributed by atoms with E-state index in [9.17, 15) is 8.78 Å². The number of nitrogens with one attached hydrogen (secondary N) is 1. The largest absolute Gasteiger partial charge is 0.494 e. The molecule has 0 amide bonds. The summed E-state index contributed by atoms with van der Waals surface area (Å²) in [6, 6.07) is 11.8. The van der Waals surface area contributed by atoms with Crippen LogP contribution in [0.2, 0.25) is 0 Å². The Balaban J connectivity index is 1.58. The normalized spacial score (nSPS) is 11.0. The topological polar surface area (TPSA) is 37.9 Å². The van der Waals surface area contributed by atoms with Crippen molar-refractivity contribution in [1.82, 2.24) is 9.97 Å². The molecule has 0 spiro atoms. The van der Waals surface area contributed by atoms with Crippen molar-refractivity contribution in [3.05, 3.63) is 59.9 Å². The second-order valence-corrected chi connectivity index (χ2v) is 4.73. The number of fused-ring (bicyclic) bond motifs is 1. The number of benzene rings is 2. The molecule has 108 valence electrons. The van der Waals surface area contributed by atoms with E-state index in [-0.39, 0.29) is 0 Å². The summed E-state index contributed by atoms with van der Waals surface area (Å²) in [7, 11) is 0. The van der Waals surface area contributed by atoms with Crippen molar-refractivity contribution in [3.8, 4) is 5.75 Å². The summed E-state index contributed by atoms with van der Waals surface area (Å²) < 4.78 is 31.8. The molecule has 0 unspecified atom stereocenters. The highest BCUT2D eigenvalue weighted by molar-refractivity contribution is 5.75. The number of hydrogen-bond donors (Lipinski definition) is 1. The molecule has 3 rings (SSSR count). The Morgan fingerprint density at radius 1 is 1.05 bits per heavy atom. The van der Waals surface area contributed by atoms with Crippen LogP contribution in [0.15, 0.2) is 42.5 Å². The van der Waals surface area contributed by atoms with E-state index in [4.69, 9.17) is 4.74 Å². The third-order valence-electron chi connectivity index (χ3n) is 3.14. The molecule has 0 aliphatic rings. The highest BCUT2D eigenvalue weighted by atomic mass is 19.2. The van der Waals surface area contributed by atoms with Crippen LogP contribution in [-0.4, -0.2) is 16.6 Å². The first-order chi connectivity index (χ1) is 10.2. The smallest absolute Gasteiger partial charge is 0.161 e. The lowest BCUT2D eigenvalue weighted by Crippen LogP contribution is -2.00. The van der Waals surface area contributed by atoms with Gasteiger partial charge < -0.3 is 9.72 Å². The SMILES string of the molecule is Fc1cc2nc(CCCOc3ccccc3)[nH]c2cc1F. The number of ether oxygens (including phenoxy) is 1. The van der Waals surface area contributed by atoms with Gasteiger partial charge in [0.15, 0.2) is 11.6 Å². The van der Waals surface area contributed by atoms with E-state index < -0.39 is 11.6 Å². The van der Waals surface area contributed by atoms with Gasteiger partial charge in [0.1, 0.15) is 11.6 Å². The van der Waals surface area contributed by atoms with Crippen LogP contribution < -0.4 is 4.74 Å². The van der Waals surface area contributed by atoms with Gasteiger partial charge in [-0.3, -0.25) is 0 Å². The molecular formula is C16H14F2N2O. The molecule has 1 N–H and O–H groups in total. The maximum atomic E-state index is 13.1. The number of imidazole rings is 1. The van der Waals surface area contributed by atoms with E-state index in [1.807, 2.05) is 30.3 Å². The van der Waals surface area contributed by atoms with Crippen molar-refractivity contribution in [1.29, 1.82) is 0 Å². The third-order valence-corrected chi connectivity index (χ3v) is 3.14. The number of aryl methyl sites for hydroxylation is 1. The van der Waals surface area contributed by atoms with Gasteiger partial charge in [-0.25, -0.2) is 13.8 Å². The minimum absolute atomic E-state index is 0.438. The van der Waals surface area contributed by atoms with Crippen molar-refractivity contribution in [2.75, 3.05) is 6.61 Å². The number of para-hydroxylation sites is 1. The van der Waals surface area contributed by atoms with Gasteiger partial charge >= 0.3 is 0 Å². The van der Waals surface area contributed by atoms with Gasteiger partial charge in [-0.2, -0.15) is 0 Å². The van der Waals surface area contributed by atoms with Crippen LogP contribution in [0.1, 0.15) is 12.2 Å². The van der Waals surface area contributed by atoms with Crippen LogP contribution in [0.25, 0.3) is 11.0 Å². The van der Waals surface area contributed by atoms with Crippen LogP contribution in [0.3, 0.4) is 0 Å². The average Bonchev–Trinajstić information content (AvgIpc) is 2.87. The Labute approximate surface area is 120 Å². The fourth-order valence-corrected chi connectivity index (χ4v) is 2.12. The summed E-state index contributed by atoms with van der Waals surface area (Å²) in [6.45, 7) is 0.559. The second-order valence-electron chi connectivity index (χ2n) is 4.73. The molecule has 1 heterocycles. The molecule has 2 aromatic carbocycles. The molecule has 0 saturated carbocycles. The summed E-state index contributed by atoms with van der Waals surface area (Å²) in [6.07, 6.45) is 1.42. The van der Waals surface area contributed by atoms with Gasteiger partial charge in [0.2, 0.25) is 0 Å². The Morgan fingerprint density at radius 2 is 1.81 bits per heavy atom. The second kappa shape index (κ2) is 5.91. The predicted molar refractivity (Wildman–Crippen MR) is 76.3 cm³/mol. The molecule has 5 heteroatoms. The molecule has 0 bridgehead atoms. The number of aromatic amines is 1. The highest BCUT2D eigenvalue weighted by Gasteiger charge is 2.08. The summed E-state index contributed by atoms with van der Waals surface area (Å²) in [4.78, 5) is 7.23. The van der Waals surface area contributed by atoms with Crippen LogP contribution >= 0.6 is 0 Å². The molecule has 0 aliphatic heterocycles. The molecule has 0 atom stereocenters. The Kier molecular flexibility index (Phi) is 3.81. The van der Waals surface area contributed by atoms with Gasteiger partial charge in [-0.05, 0) is 18.6 Å². The fraction of sp³-hybridized carbons (Fsp3) is 0.188. The maximum absolute atomic E-state index is 13.1. The number of nitrogens with zero attached hydrogens (tertiary/aromatic N) is 1. The Morgan fingerprint density at radius 3 is 2.62 bits per heavy atom. The zero-order valence-corrected chi connectivity index (χ0v) is 11.3. The van der Waals surface area contributed by atoms with Crippen molar-refractivity contribution in [2.24, 2.45) is 0 Å². The molecule has 0 radical (unpaired) electrons. The molecule has 0 fully saturated rings. The van der Waals surface area contributed by atoms with Crippen molar-refractivity contribution >= 4 is 11.0 Å². The van der Waals surface area contributed by atoms with E-state index in [1.54, 1.807) is 0 Å². The lowest BCUT2D eigenvalue weighted by atomic mass is 10.3. The first kappa shape index (κ1) is 13.5. The minimum atomic E-state index is -0.882. The van der Waals surface area contributed by atoms with Crippen molar-refractivity contribution in [3.63, 3.8) is 0 Å². The number of rotatable bonds is 5. The van der Waals surface area contributed by atoms with Crippen LogP contribution in [0.5, 0.6) is 5.75 Å². The lowest BCUT2D eigenvalue weighted by Gasteiger charge is -2.04. The van der Waals surface area contributed by atoms with Gasteiger partial charge in [0.25, 0.3) is 0 Å². The molecular weight excluding hydrogens is 274 g/mol. The van der Waals surface area contributed by atoms with Gasteiger partial charge in [-0.15, -0.1) is 0 Å². The maximum Gasteiger partial charge on any atom is 0.161 e. The number of aromatic nitrogens is 2. The number of hydrogen-bond acceptors (Lipinski definition) is 2. The first-order valence-electron chi connectivity index (χ1n) is 6.74. The average molecular weight is 288 g/mol. The van der Waals surface area contributed by atoms with E-state index in [2.05, 4.69) is 9.97 Å². The van der Waals surface area contributed by atoms with Crippen molar-refractivity contribution < 1.29 is 13.5 Å². The van der Waals surface area contributed by atoms with Crippen LogP contribution in [0.4, 0.5) is 8.78 Å². The molecule has 0 saturated heterocycles. The predicted octanol–water partition coefficient (Wildman–Crippen LogP) is 3.85. The molecule has 0 aliphatic carbocycles. The third kappa shape index (κ3) is 3.18. The molecule has 1 aromatic heterocycles. The van der Waals surface area contributed by atoms with E-state index in [0.717, 1.165) is 24.3 Å². The van der Waals surface area contributed by atoms with Gasteiger partial charge in [-0.1, -0.05) is 18.2 Å². The van der Waals surface area contributed by atoms with E-state index in [0.29, 0.717) is 29.9 Å². The quantitative estimate of drug-likeness (QED) is 0.724. The van der Waals surface area contributed by atoms with Crippen molar-refractivity contribution in [2.45, 2.75) is 12.8 Å². The summed E-state index contributed by atoms with van der Waals surface area (Å²) in [5, 5.41) is 0. The van der Waals surface area contributed by atoms with E-state index in [1.165, 1.54) is 0 Å². The fourth-order valence-electron chi connectivity index (χ4n) is 2.12. The Hall–Kier alpha value is -2.43. The molecule has 3 aromatic rings. The lowest BCUT2D eigenvalue weighted by molar-refractivity contribution is 0.310.